The van der Waals surface area contributed by atoms with Gasteiger partial charge in [-0.25, -0.2) is 9.97 Å². The van der Waals surface area contributed by atoms with Gasteiger partial charge in [-0.3, -0.25) is 0 Å². The Kier molecular flexibility index (Phi) is 4.51. The molecule has 1 aliphatic carbocycles. The van der Waals surface area contributed by atoms with E-state index in [1.165, 1.54) is 22.2 Å². The molecule has 1 atom stereocenters. The van der Waals surface area contributed by atoms with E-state index in [-0.39, 0.29) is 0 Å². The van der Waals surface area contributed by atoms with Crippen LogP contribution < -0.4 is 5.32 Å². The van der Waals surface area contributed by atoms with Crippen LogP contribution in [0.25, 0.3) is 10.2 Å². The molecule has 0 bridgehead atoms. The van der Waals surface area contributed by atoms with Gasteiger partial charge in [0.1, 0.15) is 16.2 Å². The van der Waals surface area contributed by atoms with Crippen molar-refractivity contribution in [2.24, 2.45) is 5.92 Å². The SMILES string of the molecule is C=CCNc1nnc(Sc2ncnc3sc4c(c23)CC[C@H](C)C4)s1. The fourth-order valence-electron chi connectivity index (χ4n) is 2.89. The lowest BCUT2D eigenvalue weighted by atomic mass is 9.89. The van der Waals surface area contributed by atoms with Crippen LogP contribution in [0.3, 0.4) is 0 Å². The van der Waals surface area contributed by atoms with Crippen molar-refractivity contribution in [2.75, 3.05) is 11.9 Å². The van der Waals surface area contributed by atoms with Crippen molar-refractivity contribution in [1.82, 2.24) is 20.2 Å². The summed E-state index contributed by atoms with van der Waals surface area (Å²) in [5.74, 6) is 0.760. The molecule has 4 rings (SSSR count). The minimum atomic E-state index is 0.688. The molecule has 0 saturated carbocycles. The second kappa shape index (κ2) is 6.78. The summed E-state index contributed by atoms with van der Waals surface area (Å²) in [6.07, 6.45) is 7.00. The molecule has 0 spiro atoms. The van der Waals surface area contributed by atoms with Crippen molar-refractivity contribution in [2.45, 2.75) is 35.6 Å². The van der Waals surface area contributed by atoms with Crippen molar-refractivity contribution in [1.29, 1.82) is 0 Å². The van der Waals surface area contributed by atoms with Gasteiger partial charge in [0.05, 0.1) is 0 Å². The van der Waals surface area contributed by atoms with Gasteiger partial charge in [-0.05, 0) is 42.5 Å². The van der Waals surface area contributed by atoms with Crippen LogP contribution in [0.15, 0.2) is 28.3 Å². The Balaban J connectivity index is 1.67. The number of nitrogens with zero attached hydrogens (tertiary/aromatic N) is 4. The van der Waals surface area contributed by atoms with E-state index in [1.54, 1.807) is 35.5 Å². The van der Waals surface area contributed by atoms with Gasteiger partial charge in [0, 0.05) is 16.8 Å². The number of nitrogens with one attached hydrogen (secondary N) is 1. The minimum Gasteiger partial charge on any atom is -0.357 e. The summed E-state index contributed by atoms with van der Waals surface area (Å²) in [6.45, 7) is 6.71. The topological polar surface area (TPSA) is 63.6 Å². The highest BCUT2D eigenvalue weighted by molar-refractivity contribution is 8.01. The number of hydrogen-bond donors (Lipinski definition) is 1. The molecule has 3 aromatic rings. The molecule has 3 aromatic heterocycles. The van der Waals surface area contributed by atoms with Gasteiger partial charge < -0.3 is 5.32 Å². The van der Waals surface area contributed by atoms with E-state index in [2.05, 4.69) is 39.0 Å². The molecule has 24 heavy (non-hydrogen) atoms. The number of rotatable bonds is 5. The first-order chi connectivity index (χ1) is 11.7. The highest BCUT2D eigenvalue weighted by Crippen LogP contribution is 2.42. The first-order valence-electron chi connectivity index (χ1n) is 7.86. The Hall–Kier alpha value is -1.51. The monoisotopic (exact) mass is 375 g/mol. The zero-order valence-electron chi connectivity index (χ0n) is 13.3. The Morgan fingerprint density at radius 2 is 2.29 bits per heavy atom. The number of aromatic nitrogens is 4. The molecule has 0 unspecified atom stereocenters. The standard InChI is InChI=1S/C16H17N5S3/c1-3-6-17-15-20-21-16(24-15)23-14-12-10-5-4-9(2)7-11(10)22-13(12)18-8-19-14/h3,8-9H,1,4-7H2,2H3,(H,17,20)/t9-/m0/s1. The van der Waals surface area contributed by atoms with Gasteiger partial charge >= 0.3 is 0 Å². The Morgan fingerprint density at radius 1 is 1.38 bits per heavy atom. The van der Waals surface area contributed by atoms with Gasteiger partial charge in [-0.2, -0.15) is 0 Å². The Morgan fingerprint density at radius 3 is 3.17 bits per heavy atom. The third kappa shape index (κ3) is 3.05. The van der Waals surface area contributed by atoms with E-state index >= 15 is 0 Å². The highest BCUT2D eigenvalue weighted by atomic mass is 32.2. The van der Waals surface area contributed by atoms with Crippen LogP contribution in [0.5, 0.6) is 0 Å². The van der Waals surface area contributed by atoms with Crippen LogP contribution in [-0.4, -0.2) is 26.7 Å². The van der Waals surface area contributed by atoms with Gasteiger partial charge in [-0.15, -0.1) is 28.1 Å². The van der Waals surface area contributed by atoms with Crippen molar-refractivity contribution < 1.29 is 0 Å². The summed E-state index contributed by atoms with van der Waals surface area (Å²) in [4.78, 5) is 11.6. The van der Waals surface area contributed by atoms with Gasteiger partial charge in [0.15, 0.2) is 4.34 Å². The quantitative estimate of drug-likeness (QED) is 0.526. The predicted octanol–water partition coefficient (Wildman–Crippen LogP) is 4.42. The lowest BCUT2D eigenvalue weighted by Crippen LogP contribution is -2.08. The third-order valence-electron chi connectivity index (χ3n) is 4.05. The van der Waals surface area contributed by atoms with E-state index in [9.17, 15) is 0 Å². The van der Waals surface area contributed by atoms with Crippen molar-refractivity contribution in [3.8, 4) is 0 Å². The van der Waals surface area contributed by atoms with Gasteiger partial charge in [0.2, 0.25) is 5.13 Å². The largest absolute Gasteiger partial charge is 0.357 e. The number of fused-ring (bicyclic) bond motifs is 3. The Labute approximate surface area is 152 Å². The molecule has 8 heteroatoms. The van der Waals surface area contributed by atoms with Crippen LogP contribution in [0, 0.1) is 5.92 Å². The molecule has 0 aliphatic heterocycles. The van der Waals surface area contributed by atoms with E-state index in [4.69, 9.17) is 0 Å². The molecule has 0 radical (unpaired) electrons. The maximum absolute atomic E-state index is 4.53. The number of aryl methyl sites for hydroxylation is 1. The summed E-state index contributed by atoms with van der Waals surface area (Å²) >= 11 is 4.95. The first kappa shape index (κ1) is 16.0. The molecular formula is C16H17N5S3. The third-order valence-corrected chi connectivity index (χ3v) is 7.14. The molecule has 1 aliphatic rings. The zero-order chi connectivity index (χ0) is 16.5. The molecule has 124 valence electrons. The van der Waals surface area contributed by atoms with Crippen LogP contribution in [0.2, 0.25) is 0 Å². The van der Waals surface area contributed by atoms with Crippen molar-refractivity contribution >= 4 is 49.8 Å². The summed E-state index contributed by atoms with van der Waals surface area (Å²) in [6, 6.07) is 0. The minimum absolute atomic E-state index is 0.688. The molecule has 0 saturated heterocycles. The van der Waals surface area contributed by atoms with Crippen molar-refractivity contribution in [3.63, 3.8) is 0 Å². The average Bonchev–Trinajstić information content (AvgIpc) is 3.16. The molecule has 0 amide bonds. The lowest BCUT2D eigenvalue weighted by molar-refractivity contribution is 0.509. The van der Waals surface area contributed by atoms with Gasteiger partial charge in [0.25, 0.3) is 0 Å². The van der Waals surface area contributed by atoms with E-state index in [0.29, 0.717) is 6.54 Å². The molecule has 0 aromatic carbocycles. The molecular weight excluding hydrogens is 358 g/mol. The summed E-state index contributed by atoms with van der Waals surface area (Å²) in [5, 5.41) is 14.6. The summed E-state index contributed by atoms with van der Waals surface area (Å²) in [7, 11) is 0. The van der Waals surface area contributed by atoms with E-state index in [0.717, 1.165) is 38.1 Å². The maximum atomic E-state index is 4.53. The van der Waals surface area contributed by atoms with E-state index in [1.807, 2.05) is 11.3 Å². The first-order valence-corrected chi connectivity index (χ1v) is 10.3. The normalized spacial score (nSPS) is 17.0. The molecule has 0 fully saturated rings. The van der Waals surface area contributed by atoms with Crippen LogP contribution in [0.4, 0.5) is 5.13 Å². The smallest absolute Gasteiger partial charge is 0.206 e. The fraction of sp³-hybridized carbons (Fsp3) is 0.375. The molecule has 1 N–H and O–H groups in total. The number of anilines is 1. The average molecular weight is 376 g/mol. The summed E-state index contributed by atoms with van der Waals surface area (Å²) in [5.41, 5.74) is 1.45. The zero-order valence-corrected chi connectivity index (χ0v) is 15.7. The van der Waals surface area contributed by atoms with Crippen LogP contribution >= 0.6 is 34.4 Å². The highest BCUT2D eigenvalue weighted by Gasteiger charge is 2.23. The number of thiophene rings is 1. The second-order valence-corrected chi connectivity index (χ2v) is 9.15. The maximum Gasteiger partial charge on any atom is 0.206 e. The summed E-state index contributed by atoms with van der Waals surface area (Å²) < 4.78 is 0.894. The van der Waals surface area contributed by atoms with Gasteiger partial charge in [-0.1, -0.05) is 24.3 Å². The van der Waals surface area contributed by atoms with Crippen LogP contribution in [-0.2, 0) is 12.8 Å². The Bertz CT molecular complexity index is 885. The number of hydrogen-bond acceptors (Lipinski definition) is 8. The fourth-order valence-corrected chi connectivity index (χ4v) is 6.10. The van der Waals surface area contributed by atoms with E-state index < -0.39 is 0 Å². The predicted molar refractivity (Wildman–Crippen MR) is 101 cm³/mol. The molecule has 5 nitrogen and oxygen atoms in total. The molecule has 3 heterocycles. The van der Waals surface area contributed by atoms with Crippen molar-refractivity contribution in [3.05, 3.63) is 29.4 Å². The van der Waals surface area contributed by atoms with Crippen LogP contribution in [0.1, 0.15) is 23.8 Å². The second-order valence-electron chi connectivity index (χ2n) is 5.86. The lowest BCUT2D eigenvalue weighted by Gasteiger charge is -2.17.